The van der Waals surface area contributed by atoms with Crippen molar-refractivity contribution < 1.29 is 9.84 Å². The Morgan fingerprint density at radius 3 is 2.28 bits per heavy atom. The SMILES string of the molecule is CCCOc1ccc(C(O)C(CN2CCCC2)c2ccccc2)cc1. The second kappa shape index (κ2) is 9.02. The summed E-state index contributed by atoms with van der Waals surface area (Å²) >= 11 is 0. The van der Waals surface area contributed by atoms with Crippen LogP contribution in [0.25, 0.3) is 0 Å². The average Bonchev–Trinajstić information content (AvgIpc) is 3.18. The largest absolute Gasteiger partial charge is 0.494 e. The third-order valence-electron chi connectivity index (χ3n) is 4.96. The predicted molar refractivity (Wildman–Crippen MR) is 102 cm³/mol. The van der Waals surface area contributed by atoms with E-state index in [1.54, 1.807) is 0 Å². The lowest BCUT2D eigenvalue weighted by atomic mass is 9.88. The van der Waals surface area contributed by atoms with E-state index in [1.165, 1.54) is 18.4 Å². The summed E-state index contributed by atoms with van der Waals surface area (Å²) in [5, 5.41) is 11.1. The summed E-state index contributed by atoms with van der Waals surface area (Å²) in [7, 11) is 0. The zero-order valence-electron chi connectivity index (χ0n) is 15.1. The number of aliphatic hydroxyl groups is 1. The molecular weight excluding hydrogens is 310 g/mol. The maximum absolute atomic E-state index is 11.1. The highest BCUT2D eigenvalue weighted by atomic mass is 16.5. The first-order chi connectivity index (χ1) is 12.3. The third-order valence-corrected chi connectivity index (χ3v) is 4.96. The maximum atomic E-state index is 11.1. The Bertz CT molecular complexity index is 620. The Hall–Kier alpha value is -1.84. The number of likely N-dealkylation sites (tertiary alicyclic amines) is 1. The standard InChI is InChI=1S/C22H29NO2/c1-2-16-25-20-12-10-19(11-13-20)22(24)21(17-23-14-6-7-15-23)18-8-4-3-5-9-18/h3-5,8-13,21-22,24H,2,6-7,14-17H2,1H3. The topological polar surface area (TPSA) is 32.7 Å². The summed E-state index contributed by atoms with van der Waals surface area (Å²) in [6, 6.07) is 18.3. The first-order valence-electron chi connectivity index (χ1n) is 9.46. The minimum Gasteiger partial charge on any atom is -0.494 e. The Balaban J connectivity index is 1.76. The van der Waals surface area contributed by atoms with Crippen LogP contribution in [-0.4, -0.2) is 36.2 Å². The van der Waals surface area contributed by atoms with E-state index in [1.807, 2.05) is 30.3 Å². The average molecular weight is 339 g/mol. The van der Waals surface area contributed by atoms with Gasteiger partial charge in [-0.2, -0.15) is 0 Å². The number of rotatable bonds is 8. The summed E-state index contributed by atoms with van der Waals surface area (Å²) in [6.07, 6.45) is 3.02. The van der Waals surface area contributed by atoms with Gasteiger partial charge in [0, 0.05) is 12.5 Å². The van der Waals surface area contributed by atoms with Gasteiger partial charge >= 0.3 is 0 Å². The van der Waals surface area contributed by atoms with E-state index in [0.29, 0.717) is 0 Å². The highest BCUT2D eigenvalue weighted by Gasteiger charge is 2.26. The van der Waals surface area contributed by atoms with Crippen molar-refractivity contribution in [1.29, 1.82) is 0 Å². The van der Waals surface area contributed by atoms with Crippen LogP contribution in [0.15, 0.2) is 54.6 Å². The number of hydrogen-bond acceptors (Lipinski definition) is 3. The molecule has 3 rings (SSSR count). The van der Waals surface area contributed by atoms with E-state index >= 15 is 0 Å². The van der Waals surface area contributed by atoms with Gasteiger partial charge in [0.15, 0.2) is 0 Å². The number of nitrogens with zero attached hydrogens (tertiary/aromatic N) is 1. The molecule has 0 spiro atoms. The Morgan fingerprint density at radius 2 is 1.64 bits per heavy atom. The highest BCUT2D eigenvalue weighted by Crippen LogP contribution is 2.33. The van der Waals surface area contributed by atoms with E-state index in [0.717, 1.165) is 44.0 Å². The molecule has 1 saturated heterocycles. The molecule has 1 fully saturated rings. The molecular formula is C22H29NO2. The van der Waals surface area contributed by atoms with Crippen LogP contribution >= 0.6 is 0 Å². The van der Waals surface area contributed by atoms with E-state index in [4.69, 9.17) is 4.74 Å². The van der Waals surface area contributed by atoms with E-state index in [9.17, 15) is 5.11 Å². The highest BCUT2D eigenvalue weighted by molar-refractivity contribution is 5.32. The minimum atomic E-state index is -0.511. The van der Waals surface area contributed by atoms with Crippen molar-refractivity contribution in [2.75, 3.05) is 26.2 Å². The lowest BCUT2D eigenvalue weighted by molar-refractivity contribution is 0.123. The molecule has 2 aromatic rings. The summed E-state index contributed by atoms with van der Waals surface area (Å²) < 4.78 is 5.65. The molecule has 0 saturated carbocycles. The second-order valence-corrected chi connectivity index (χ2v) is 6.89. The molecule has 25 heavy (non-hydrogen) atoms. The molecule has 2 aromatic carbocycles. The van der Waals surface area contributed by atoms with Crippen LogP contribution in [0, 0.1) is 0 Å². The van der Waals surface area contributed by atoms with Crippen molar-refractivity contribution >= 4 is 0 Å². The molecule has 0 bridgehead atoms. The molecule has 0 aromatic heterocycles. The maximum Gasteiger partial charge on any atom is 0.119 e. The number of aliphatic hydroxyl groups excluding tert-OH is 1. The summed E-state index contributed by atoms with van der Waals surface area (Å²) in [6.45, 7) is 6.00. The predicted octanol–water partition coefficient (Wildman–Crippen LogP) is 4.39. The summed E-state index contributed by atoms with van der Waals surface area (Å²) in [4.78, 5) is 2.47. The van der Waals surface area contributed by atoms with Gasteiger partial charge in [-0.15, -0.1) is 0 Å². The van der Waals surface area contributed by atoms with Crippen molar-refractivity contribution in [3.63, 3.8) is 0 Å². The molecule has 3 nitrogen and oxygen atoms in total. The number of benzene rings is 2. The monoisotopic (exact) mass is 339 g/mol. The van der Waals surface area contributed by atoms with Crippen LogP contribution in [0.2, 0.25) is 0 Å². The van der Waals surface area contributed by atoms with Gasteiger partial charge < -0.3 is 14.7 Å². The lowest BCUT2D eigenvalue weighted by Gasteiger charge is -2.28. The fourth-order valence-electron chi connectivity index (χ4n) is 3.54. The molecule has 0 radical (unpaired) electrons. The first kappa shape index (κ1) is 18.0. The van der Waals surface area contributed by atoms with Crippen LogP contribution in [0.1, 0.15) is 49.3 Å². The lowest BCUT2D eigenvalue weighted by Crippen LogP contribution is -2.29. The summed E-state index contributed by atoms with van der Waals surface area (Å²) in [5.41, 5.74) is 2.16. The third kappa shape index (κ3) is 4.83. The van der Waals surface area contributed by atoms with E-state index in [2.05, 4.69) is 36.1 Å². The van der Waals surface area contributed by atoms with Gasteiger partial charge in [-0.1, -0.05) is 49.4 Å². The number of ether oxygens (including phenoxy) is 1. The van der Waals surface area contributed by atoms with Gasteiger partial charge in [-0.3, -0.25) is 0 Å². The van der Waals surface area contributed by atoms with Crippen molar-refractivity contribution in [2.45, 2.75) is 38.2 Å². The molecule has 2 atom stereocenters. The van der Waals surface area contributed by atoms with Crippen molar-refractivity contribution in [1.82, 2.24) is 4.90 Å². The fourth-order valence-corrected chi connectivity index (χ4v) is 3.54. The fraction of sp³-hybridized carbons (Fsp3) is 0.455. The van der Waals surface area contributed by atoms with Gasteiger partial charge in [-0.25, -0.2) is 0 Å². The quantitative estimate of drug-likeness (QED) is 0.774. The molecule has 134 valence electrons. The van der Waals surface area contributed by atoms with Crippen molar-refractivity contribution in [2.24, 2.45) is 0 Å². The van der Waals surface area contributed by atoms with Crippen LogP contribution in [0.4, 0.5) is 0 Å². The van der Waals surface area contributed by atoms with Gasteiger partial charge in [-0.05, 0) is 55.6 Å². The zero-order valence-corrected chi connectivity index (χ0v) is 15.1. The van der Waals surface area contributed by atoms with Gasteiger partial charge in [0.1, 0.15) is 5.75 Å². The van der Waals surface area contributed by atoms with Gasteiger partial charge in [0.2, 0.25) is 0 Å². The molecule has 1 aliphatic rings. The molecule has 1 aliphatic heterocycles. The Labute approximate surface area is 151 Å². The number of hydrogen-bond donors (Lipinski definition) is 1. The Kier molecular flexibility index (Phi) is 6.48. The molecule has 2 unspecified atom stereocenters. The first-order valence-corrected chi connectivity index (χ1v) is 9.46. The van der Waals surface area contributed by atoms with Gasteiger partial charge in [0.25, 0.3) is 0 Å². The van der Waals surface area contributed by atoms with Gasteiger partial charge in [0.05, 0.1) is 12.7 Å². The molecule has 1 heterocycles. The minimum absolute atomic E-state index is 0.0849. The van der Waals surface area contributed by atoms with E-state index in [-0.39, 0.29) is 5.92 Å². The Morgan fingerprint density at radius 1 is 0.960 bits per heavy atom. The molecule has 0 amide bonds. The molecule has 0 aliphatic carbocycles. The van der Waals surface area contributed by atoms with Crippen LogP contribution in [-0.2, 0) is 0 Å². The smallest absolute Gasteiger partial charge is 0.119 e. The normalized spacial score (nSPS) is 17.4. The second-order valence-electron chi connectivity index (χ2n) is 6.89. The van der Waals surface area contributed by atoms with Crippen molar-refractivity contribution in [3.05, 3.63) is 65.7 Å². The van der Waals surface area contributed by atoms with E-state index < -0.39 is 6.10 Å². The van der Waals surface area contributed by atoms with Crippen LogP contribution in [0.3, 0.4) is 0 Å². The zero-order chi connectivity index (χ0) is 17.5. The van der Waals surface area contributed by atoms with Crippen LogP contribution < -0.4 is 4.74 Å². The molecule has 3 heteroatoms. The van der Waals surface area contributed by atoms with Crippen LogP contribution in [0.5, 0.6) is 5.75 Å². The van der Waals surface area contributed by atoms with Crippen molar-refractivity contribution in [3.8, 4) is 5.75 Å². The summed E-state index contributed by atoms with van der Waals surface area (Å²) in [5.74, 6) is 0.954. The molecule has 1 N–H and O–H groups in total.